The number of hydrogen-bond acceptors (Lipinski definition) is 8. The van der Waals surface area contributed by atoms with Crippen LogP contribution in [0.25, 0.3) is 10.8 Å². The van der Waals surface area contributed by atoms with Crippen LogP contribution in [0, 0.1) is 17.8 Å². The zero-order chi connectivity index (χ0) is 26.0. The lowest BCUT2D eigenvalue weighted by molar-refractivity contribution is -0.127. The molecule has 9 nitrogen and oxygen atoms in total. The Labute approximate surface area is 207 Å². The maximum Gasteiger partial charge on any atom is 0.255 e. The normalized spacial score (nSPS) is 25.7. The number of benzene rings is 2. The molecule has 2 unspecified atom stereocenters. The summed E-state index contributed by atoms with van der Waals surface area (Å²) in [6.45, 7) is 2.19. The molecule has 0 heterocycles. The lowest BCUT2D eigenvalue weighted by atomic mass is 9.60. The Morgan fingerprint density at radius 2 is 1.78 bits per heavy atom. The van der Waals surface area contributed by atoms with E-state index in [-0.39, 0.29) is 16.9 Å². The van der Waals surface area contributed by atoms with Crippen molar-refractivity contribution in [1.82, 2.24) is 4.90 Å². The second-order valence-electron chi connectivity index (χ2n) is 9.81. The lowest BCUT2D eigenvalue weighted by Crippen LogP contribution is -2.53. The molecular formula is C27H28N2O7. The van der Waals surface area contributed by atoms with Crippen molar-refractivity contribution >= 4 is 28.2 Å². The summed E-state index contributed by atoms with van der Waals surface area (Å²) in [5.41, 5.74) is 5.51. The number of phenolic OH excluding ortho intramolecular Hbond substituents is 1. The maximum atomic E-state index is 13.9. The van der Waals surface area contributed by atoms with E-state index in [4.69, 9.17) is 10.5 Å². The molecule has 9 heteroatoms. The minimum absolute atomic E-state index is 0.0489. The van der Waals surface area contributed by atoms with Crippen molar-refractivity contribution in [2.75, 3.05) is 20.7 Å². The third-order valence-corrected chi connectivity index (χ3v) is 7.69. The number of carbonyl (C=O) groups excluding carboxylic acids is 3. The molecule has 3 aliphatic rings. The number of ketones is 2. The molecule has 1 amide bonds. The second kappa shape index (κ2) is 8.37. The fraction of sp³-hybridized carbons (Fsp3) is 0.370. The predicted molar refractivity (Wildman–Crippen MR) is 131 cm³/mol. The third kappa shape index (κ3) is 3.15. The number of likely N-dealkylation sites (N-methyl/N-ethyl adjacent to an activating group) is 1. The lowest BCUT2D eigenvalue weighted by Gasteiger charge is -2.46. The molecule has 4 atom stereocenters. The Bertz CT molecular complexity index is 1400. The van der Waals surface area contributed by atoms with Gasteiger partial charge < -0.3 is 25.8 Å². The largest absolute Gasteiger partial charge is 0.511 e. The first-order chi connectivity index (χ1) is 17.1. The van der Waals surface area contributed by atoms with Crippen LogP contribution in [-0.4, -0.2) is 64.4 Å². The van der Waals surface area contributed by atoms with Gasteiger partial charge in [0.15, 0.2) is 11.6 Å². The zero-order valence-electron chi connectivity index (χ0n) is 20.2. The number of phenols is 1. The van der Waals surface area contributed by atoms with E-state index in [9.17, 15) is 29.7 Å². The van der Waals surface area contributed by atoms with Gasteiger partial charge in [-0.25, -0.2) is 0 Å². The number of allylic oxidation sites excluding steroid dienone is 2. The fourth-order valence-electron chi connectivity index (χ4n) is 6.36. The fourth-order valence-corrected chi connectivity index (χ4v) is 6.36. The van der Waals surface area contributed by atoms with Gasteiger partial charge in [0.1, 0.15) is 28.6 Å². The molecule has 3 aliphatic carbocycles. The molecular weight excluding hydrogens is 464 g/mol. The van der Waals surface area contributed by atoms with Crippen molar-refractivity contribution in [1.29, 1.82) is 0 Å². The van der Waals surface area contributed by atoms with E-state index in [2.05, 4.69) is 0 Å². The smallest absolute Gasteiger partial charge is 0.255 e. The molecule has 2 aromatic rings. The van der Waals surface area contributed by atoms with Crippen molar-refractivity contribution in [2.24, 2.45) is 23.5 Å². The van der Waals surface area contributed by atoms with E-state index in [0.29, 0.717) is 41.5 Å². The summed E-state index contributed by atoms with van der Waals surface area (Å²) in [6, 6.07) is 6.32. The number of Topliss-reactive ketones (excluding diaryl/α,β-unsaturated/α-hetero) is 2. The average molecular weight is 493 g/mol. The number of primary amides is 1. The quantitative estimate of drug-likeness (QED) is 0.476. The first-order valence-electron chi connectivity index (χ1n) is 11.9. The molecule has 0 saturated carbocycles. The summed E-state index contributed by atoms with van der Waals surface area (Å²) < 4.78 is 5.96. The first-order valence-corrected chi connectivity index (χ1v) is 11.9. The maximum absolute atomic E-state index is 13.9. The highest BCUT2D eigenvalue weighted by atomic mass is 16.5. The molecule has 0 aliphatic heterocycles. The topological polar surface area (TPSA) is 150 Å². The number of hydrogen-bond donors (Lipinski definition) is 4. The summed E-state index contributed by atoms with van der Waals surface area (Å²) in [5.74, 6) is -5.29. The van der Waals surface area contributed by atoms with Crippen molar-refractivity contribution in [3.8, 4) is 11.5 Å². The van der Waals surface area contributed by atoms with E-state index in [0.717, 1.165) is 0 Å². The van der Waals surface area contributed by atoms with Gasteiger partial charge in [-0.05, 0) is 45.7 Å². The number of fused-ring (bicyclic) bond motifs is 4. The Hall–Kier alpha value is -3.85. The number of aliphatic hydroxyl groups excluding tert-OH is 2. The Kier molecular flexibility index (Phi) is 5.55. The standard InChI is InChI=1S/C27H28N2O7/c1-4-36-26-13-8-6-5-7-12(13)21(30)18-15(26)10-11-9-14-17(22(31)16(11)23(18)32)24(33)19(27(28)35)25(34)20(14)29(2)3/h5-8,11,14,17,20,30-31,34H,4,9-10H2,1-3H3,(H2,28,35)/t11-,14?,17?,20+/m1/s1. The van der Waals surface area contributed by atoms with Gasteiger partial charge in [-0.2, -0.15) is 0 Å². The van der Waals surface area contributed by atoms with Gasteiger partial charge in [-0.1, -0.05) is 24.3 Å². The highest BCUT2D eigenvalue weighted by Gasteiger charge is 2.54. The summed E-state index contributed by atoms with van der Waals surface area (Å²) in [4.78, 5) is 40.9. The molecule has 0 saturated heterocycles. The number of ether oxygens (including phenoxy) is 1. The van der Waals surface area contributed by atoms with E-state index in [1.165, 1.54) is 0 Å². The van der Waals surface area contributed by atoms with Gasteiger partial charge in [0.25, 0.3) is 5.91 Å². The summed E-state index contributed by atoms with van der Waals surface area (Å²) in [5, 5.41) is 34.5. The molecule has 0 bridgehead atoms. The highest BCUT2D eigenvalue weighted by Crippen LogP contribution is 2.53. The van der Waals surface area contributed by atoms with Crippen molar-refractivity contribution in [3.05, 3.63) is 58.1 Å². The van der Waals surface area contributed by atoms with Gasteiger partial charge in [-0.15, -0.1) is 0 Å². The molecule has 5 rings (SSSR count). The van der Waals surface area contributed by atoms with E-state index in [1.54, 1.807) is 31.1 Å². The monoisotopic (exact) mass is 492 g/mol. The van der Waals surface area contributed by atoms with Gasteiger partial charge in [0, 0.05) is 21.9 Å². The van der Waals surface area contributed by atoms with Gasteiger partial charge in [-0.3, -0.25) is 19.3 Å². The van der Waals surface area contributed by atoms with E-state index in [1.807, 2.05) is 19.1 Å². The number of amides is 1. The van der Waals surface area contributed by atoms with E-state index >= 15 is 0 Å². The number of carbonyl (C=O) groups is 3. The predicted octanol–water partition coefficient (Wildman–Crippen LogP) is 2.56. The number of nitrogens with two attached hydrogens (primary N) is 1. The first kappa shape index (κ1) is 23.9. The van der Waals surface area contributed by atoms with Crippen LogP contribution >= 0.6 is 0 Å². The Morgan fingerprint density at radius 1 is 1.11 bits per heavy atom. The van der Waals surface area contributed by atoms with Crippen LogP contribution in [0.3, 0.4) is 0 Å². The van der Waals surface area contributed by atoms with E-state index < -0.39 is 58.4 Å². The van der Waals surface area contributed by atoms with Crippen LogP contribution in [0.1, 0.15) is 29.3 Å². The summed E-state index contributed by atoms with van der Waals surface area (Å²) >= 11 is 0. The molecule has 2 aromatic carbocycles. The molecule has 0 aromatic heterocycles. The molecule has 36 heavy (non-hydrogen) atoms. The number of nitrogens with zero attached hydrogens (tertiary/aromatic N) is 1. The molecule has 0 fully saturated rings. The third-order valence-electron chi connectivity index (χ3n) is 7.69. The van der Waals surface area contributed by atoms with Crippen LogP contribution in [0.5, 0.6) is 11.5 Å². The molecule has 0 radical (unpaired) electrons. The Balaban J connectivity index is 1.74. The number of aliphatic hydroxyl groups is 2. The minimum Gasteiger partial charge on any atom is -0.511 e. The van der Waals surface area contributed by atoms with Crippen molar-refractivity contribution in [2.45, 2.75) is 25.8 Å². The summed E-state index contributed by atoms with van der Waals surface area (Å²) in [7, 11) is 3.39. The second-order valence-corrected chi connectivity index (χ2v) is 9.81. The molecule has 0 spiro atoms. The zero-order valence-corrected chi connectivity index (χ0v) is 20.2. The summed E-state index contributed by atoms with van der Waals surface area (Å²) in [6.07, 6.45) is 0.581. The minimum atomic E-state index is -1.21. The molecule has 5 N–H and O–H groups in total. The van der Waals surface area contributed by atoms with Gasteiger partial charge >= 0.3 is 0 Å². The van der Waals surface area contributed by atoms with Gasteiger partial charge in [0.05, 0.1) is 24.1 Å². The van der Waals surface area contributed by atoms with Crippen LogP contribution in [-0.2, 0) is 16.0 Å². The average Bonchev–Trinajstić information content (AvgIpc) is 2.80. The van der Waals surface area contributed by atoms with Crippen molar-refractivity contribution in [3.63, 3.8) is 0 Å². The molecule has 188 valence electrons. The SMILES string of the molecule is CCOc1c2c(c(O)c3ccccc13)C(=O)C1=C(O)C3C(=O)C(C(N)=O)=C(O)[C@@H](N(C)C)C3C[C@@H]1C2. The van der Waals surface area contributed by atoms with Crippen molar-refractivity contribution < 1.29 is 34.4 Å². The number of aromatic hydroxyl groups is 1. The van der Waals surface area contributed by atoms with Gasteiger partial charge in [0.2, 0.25) is 0 Å². The van der Waals surface area contributed by atoms with Crippen LogP contribution in [0.4, 0.5) is 0 Å². The van der Waals surface area contributed by atoms with Crippen LogP contribution < -0.4 is 10.5 Å². The van der Waals surface area contributed by atoms with Crippen LogP contribution in [0.15, 0.2) is 46.9 Å². The highest BCUT2D eigenvalue weighted by molar-refractivity contribution is 6.22. The van der Waals surface area contributed by atoms with Crippen LogP contribution in [0.2, 0.25) is 0 Å². The Morgan fingerprint density at radius 3 is 2.39 bits per heavy atom. The number of rotatable bonds is 4.